The Morgan fingerprint density at radius 2 is 1.65 bits per heavy atom. The molecule has 0 saturated carbocycles. The van der Waals surface area contributed by atoms with Crippen molar-refractivity contribution in [3.05, 3.63) is 47.0 Å². The van der Waals surface area contributed by atoms with E-state index in [2.05, 4.69) is 5.32 Å². The molecule has 0 aliphatic carbocycles. The third-order valence-electron chi connectivity index (χ3n) is 4.38. The van der Waals surface area contributed by atoms with Gasteiger partial charge in [-0.05, 0) is 29.8 Å². The summed E-state index contributed by atoms with van der Waals surface area (Å²) in [4.78, 5) is 0. The number of hydrogen-bond acceptors (Lipinski definition) is 4. The summed E-state index contributed by atoms with van der Waals surface area (Å²) in [5, 5.41) is 12.7. The van der Waals surface area contributed by atoms with Crippen LogP contribution in [0.25, 0.3) is 0 Å². The summed E-state index contributed by atoms with van der Waals surface area (Å²) in [7, 11) is 4.84. The third-order valence-corrected chi connectivity index (χ3v) is 4.38. The number of rotatable bonds is 4. The second-order valence-corrected chi connectivity index (χ2v) is 5.56. The molecule has 0 unspecified atom stereocenters. The lowest BCUT2D eigenvalue weighted by molar-refractivity contribution is -0.690. The van der Waals surface area contributed by atoms with Gasteiger partial charge in [-0.1, -0.05) is 6.07 Å². The van der Waals surface area contributed by atoms with Crippen LogP contribution < -0.4 is 19.5 Å². The molecule has 3 N–H and O–H groups in total. The average molecular weight is 316 g/mol. The molecule has 122 valence electrons. The second-order valence-electron chi connectivity index (χ2n) is 5.56. The minimum Gasteiger partial charge on any atom is -0.504 e. The molecule has 5 heteroatoms. The van der Waals surface area contributed by atoms with Crippen LogP contribution in [-0.4, -0.2) is 33.0 Å². The summed E-state index contributed by atoms with van der Waals surface area (Å²) >= 11 is 0. The van der Waals surface area contributed by atoms with E-state index in [1.54, 1.807) is 27.4 Å². The van der Waals surface area contributed by atoms with Crippen molar-refractivity contribution in [1.82, 2.24) is 0 Å². The molecule has 0 bridgehead atoms. The lowest BCUT2D eigenvalue weighted by Gasteiger charge is -2.26. The molecule has 0 saturated heterocycles. The highest BCUT2D eigenvalue weighted by Crippen LogP contribution is 2.39. The number of quaternary nitrogens is 1. The summed E-state index contributed by atoms with van der Waals surface area (Å²) in [6, 6.07) is 9.64. The fourth-order valence-electron chi connectivity index (χ4n) is 3.22. The van der Waals surface area contributed by atoms with Crippen LogP contribution in [0.15, 0.2) is 30.3 Å². The van der Waals surface area contributed by atoms with Gasteiger partial charge in [-0.25, -0.2) is 0 Å². The maximum Gasteiger partial charge on any atom is 0.167 e. The summed E-state index contributed by atoms with van der Waals surface area (Å²) in [5.74, 6) is 2.12. The standard InChI is InChI=1S/C18H21NO4/c1-21-14-6-4-5-12(18(14)20)17-13-10-16(23-3)15(22-2)9-11(13)7-8-19-17/h4-6,9-10,17,19-20H,7-8H2,1-3H3/p+1/t17-/m1/s1. The Hall–Kier alpha value is -2.40. The summed E-state index contributed by atoms with van der Waals surface area (Å²) < 4.78 is 16.1. The quantitative estimate of drug-likeness (QED) is 0.900. The Morgan fingerprint density at radius 1 is 0.957 bits per heavy atom. The first kappa shape index (κ1) is 15.5. The first-order chi connectivity index (χ1) is 11.2. The van der Waals surface area contributed by atoms with Crippen molar-refractivity contribution < 1.29 is 24.6 Å². The number of ether oxygens (including phenoxy) is 3. The number of hydrogen-bond donors (Lipinski definition) is 2. The van der Waals surface area contributed by atoms with Gasteiger partial charge < -0.3 is 24.6 Å². The number of aromatic hydroxyl groups is 1. The van der Waals surface area contributed by atoms with Gasteiger partial charge in [0, 0.05) is 12.0 Å². The van der Waals surface area contributed by atoms with Gasteiger partial charge in [0.1, 0.15) is 6.04 Å². The zero-order valence-electron chi connectivity index (χ0n) is 13.6. The molecule has 0 fully saturated rings. The van der Waals surface area contributed by atoms with E-state index in [-0.39, 0.29) is 11.8 Å². The fourth-order valence-corrected chi connectivity index (χ4v) is 3.22. The number of nitrogens with two attached hydrogens (primary N) is 1. The lowest BCUT2D eigenvalue weighted by Crippen LogP contribution is -2.87. The van der Waals surface area contributed by atoms with Crippen molar-refractivity contribution in [2.45, 2.75) is 12.5 Å². The van der Waals surface area contributed by atoms with E-state index in [4.69, 9.17) is 14.2 Å². The van der Waals surface area contributed by atoms with E-state index in [1.807, 2.05) is 24.3 Å². The van der Waals surface area contributed by atoms with Crippen LogP contribution in [-0.2, 0) is 6.42 Å². The van der Waals surface area contributed by atoms with E-state index in [0.29, 0.717) is 11.5 Å². The monoisotopic (exact) mass is 316 g/mol. The molecule has 23 heavy (non-hydrogen) atoms. The smallest absolute Gasteiger partial charge is 0.167 e. The van der Waals surface area contributed by atoms with E-state index in [9.17, 15) is 5.11 Å². The van der Waals surface area contributed by atoms with Crippen LogP contribution in [0, 0.1) is 0 Å². The van der Waals surface area contributed by atoms with Gasteiger partial charge in [0.15, 0.2) is 23.0 Å². The molecule has 1 aliphatic rings. The molecule has 1 heterocycles. The Morgan fingerprint density at radius 3 is 2.35 bits per heavy atom. The highest BCUT2D eigenvalue weighted by molar-refractivity contribution is 5.54. The van der Waals surface area contributed by atoms with Crippen LogP contribution in [0.4, 0.5) is 0 Å². The summed E-state index contributed by atoms with van der Waals surface area (Å²) in [5.41, 5.74) is 3.20. The maximum atomic E-state index is 10.5. The van der Waals surface area contributed by atoms with Gasteiger partial charge >= 0.3 is 0 Å². The molecule has 3 rings (SSSR count). The highest BCUT2D eigenvalue weighted by atomic mass is 16.5. The van der Waals surface area contributed by atoms with Crippen LogP contribution in [0.3, 0.4) is 0 Å². The molecule has 0 amide bonds. The minimum absolute atomic E-state index is 0.00801. The van der Waals surface area contributed by atoms with Crippen LogP contribution >= 0.6 is 0 Å². The number of benzene rings is 2. The van der Waals surface area contributed by atoms with Crippen molar-refractivity contribution in [3.8, 4) is 23.0 Å². The molecule has 2 aromatic rings. The normalized spacial score (nSPS) is 16.6. The number of phenolic OH excluding ortho intramolecular Hbond substituents is 1. The molecule has 0 spiro atoms. The van der Waals surface area contributed by atoms with Crippen molar-refractivity contribution in [3.63, 3.8) is 0 Å². The first-order valence-electron chi connectivity index (χ1n) is 7.63. The Balaban J connectivity index is 2.12. The molecule has 1 aliphatic heterocycles. The van der Waals surface area contributed by atoms with Gasteiger partial charge in [0.25, 0.3) is 0 Å². The van der Waals surface area contributed by atoms with E-state index in [1.165, 1.54) is 5.56 Å². The van der Waals surface area contributed by atoms with Gasteiger partial charge in [-0.3, -0.25) is 0 Å². The predicted octanol–water partition coefficient (Wildman–Crippen LogP) is 1.63. The van der Waals surface area contributed by atoms with Gasteiger partial charge in [0.2, 0.25) is 0 Å². The zero-order valence-corrected chi connectivity index (χ0v) is 13.6. The summed E-state index contributed by atoms with van der Waals surface area (Å²) in [6.45, 7) is 0.948. The van der Waals surface area contributed by atoms with Crippen molar-refractivity contribution in [2.75, 3.05) is 27.9 Å². The number of para-hydroxylation sites is 1. The van der Waals surface area contributed by atoms with Gasteiger partial charge in [-0.15, -0.1) is 0 Å². The van der Waals surface area contributed by atoms with Gasteiger partial charge in [-0.2, -0.15) is 0 Å². The first-order valence-corrected chi connectivity index (χ1v) is 7.63. The van der Waals surface area contributed by atoms with Crippen LogP contribution in [0.1, 0.15) is 22.7 Å². The lowest BCUT2D eigenvalue weighted by atomic mass is 9.89. The summed E-state index contributed by atoms with van der Waals surface area (Å²) in [6.07, 6.45) is 0.955. The highest BCUT2D eigenvalue weighted by Gasteiger charge is 2.29. The van der Waals surface area contributed by atoms with Crippen molar-refractivity contribution in [1.29, 1.82) is 0 Å². The Labute approximate surface area is 135 Å². The molecule has 0 aromatic heterocycles. The third kappa shape index (κ3) is 2.68. The van der Waals surface area contributed by atoms with E-state index < -0.39 is 0 Å². The Kier molecular flexibility index (Phi) is 4.30. The minimum atomic E-state index is 0.00801. The van der Waals surface area contributed by atoms with Crippen molar-refractivity contribution in [2.24, 2.45) is 0 Å². The average Bonchev–Trinajstić information content (AvgIpc) is 2.60. The zero-order chi connectivity index (χ0) is 16.4. The topological polar surface area (TPSA) is 64.5 Å². The number of fused-ring (bicyclic) bond motifs is 1. The van der Waals surface area contributed by atoms with Gasteiger partial charge in [0.05, 0.1) is 33.4 Å². The molecule has 0 radical (unpaired) electrons. The van der Waals surface area contributed by atoms with E-state index in [0.717, 1.165) is 29.8 Å². The molecular formula is C18H22NO4+. The van der Waals surface area contributed by atoms with E-state index >= 15 is 0 Å². The molecule has 2 aromatic carbocycles. The van der Waals surface area contributed by atoms with Crippen LogP contribution in [0.5, 0.6) is 23.0 Å². The fraction of sp³-hybridized carbons (Fsp3) is 0.333. The number of phenols is 1. The molecule has 1 atom stereocenters. The maximum absolute atomic E-state index is 10.5. The number of methoxy groups -OCH3 is 3. The Bertz CT molecular complexity index is 714. The largest absolute Gasteiger partial charge is 0.504 e. The van der Waals surface area contributed by atoms with Crippen molar-refractivity contribution >= 4 is 0 Å². The SMILES string of the molecule is COc1cc2c(cc1OC)[C@@H](c1cccc(OC)c1O)[NH2+]CC2. The second kappa shape index (κ2) is 6.38. The predicted molar refractivity (Wildman–Crippen MR) is 86.5 cm³/mol. The molecule has 5 nitrogen and oxygen atoms in total. The van der Waals surface area contributed by atoms with Crippen LogP contribution in [0.2, 0.25) is 0 Å². The molecular weight excluding hydrogens is 294 g/mol.